The SMILES string of the molecule is CC(=O)OC(O)c1cccc2c1C(=O)NC2=O. The number of carbonyl (C=O) groups excluding carboxylic acids is 3. The number of hydrogen-bond donors (Lipinski definition) is 2. The molecule has 1 aromatic carbocycles. The van der Waals surface area contributed by atoms with Crippen LogP contribution < -0.4 is 5.32 Å². The molecule has 1 aromatic rings. The summed E-state index contributed by atoms with van der Waals surface area (Å²) in [4.78, 5) is 33.6. The third kappa shape index (κ3) is 1.90. The highest BCUT2D eigenvalue weighted by molar-refractivity contribution is 6.22. The van der Waals surface area contributed by atoms with Gasteiger partial charge in [-0.05, 0) is 6.07 Å². The molecule has 88 valence electrons. The second kappa shape index (κ2) is 3.99. The molecule has 2 rings (SSSR count). The van der Waals surface area contributed by atoms with Crippen LogP contribution in [0.2, 0.25) is 0 Å². The van der Waals surface area contributed by atoms with Crippen molar-refractivity contribution in [3.05, 3.63) is 34.9 Å². The Morgan fingerprint density at radius 2 is 2.06 bits per heavy atom. The Morgan fingerprint density at radius 3 is 2.71 bits per heavy atom. The van der Waals surface area contributed by atoms with E-state index >= 15 is 0 Å². The number of imide groups is 1. The first-order valence-corrected chi connectivity index (χ1v) is 4.84. The Hall–Kier alpha value is -2.21. The molecule has 0 aromatic heterocycles. The normalized spacial score (nSPS) is 15.2. The van der Waals surface area contributed by atoms with E-state index in [0.717, 1.165) is 6.92 Å². The lowest BCUT2D eigenvalue weighted by atomic mass is 10.0. The second-order valence-electron chi connectivity index (χ2n) is 3.51. The number of aliphatic hydroxyl groups is 1. The van der Waals surface area contributed by atoms with E-state index in [-0.39, 0.29) is 16.7 Å². The fraction of sp³-hybridized carbons (Fsp3) is 0.182. The van der Waals surface area contributed by atoms with Crippen molar-refractivity contribution in [3.8, 4) is 0 Å². The van der Waals surface area contributed by atoms with Crippen LogP contribution in [0.25, 0.3) is 0 Å². The second-order valence-corrected chi connectivity index (χ2v) is 3.51. The molecular formula is C11H9NO5. The molecule has 1 atom stereocenters. The van der Waals surface area contributed by atoms with Crippen molar-refractivity contribution in [3.63, 3.8) is 0 Å². The summed E-state index contributed by atoms with van der Waals surface area (Å²) in [5.74, 6) is -1.81. The zero-order chi connectivity index (χ0) is 12.6. The highest BCUT2D eigenvalue weighted by Crippen LogP contribution is 2.25. The molecule has 0 radical (unpaired) electrons. The lowest BCUT2D eigenvalue weighted by molar-refractivity contribution is -0.166. The number of fused-ring (bicyclic) bond motifs is 1. The molecule has 1 unspecified atom stereocenters. The molecule has 1 aliphatic heterocycles. The minimum absolute atomic E-state index is 0.0475. The van der Waals surface area contributed by atoms with Gasteiger partial charge in [0.2, 0.25) is 6.29 Å². The Morgan fingerprint density at radius 1 is 1.35 bits per heavy atom. The number of benzene rings is 1. The van der Waals surface area contributed by atoms with Gasteiger partial charge in [0.25, 0.3) is 11.8 Å². The van der Waals surface area contributed by atoms with Crippen molar-refractivity contribution in [2.75, 3.05) is 0 Å². The summed E-state index contributed by atoms with van der Waals surface area (Å²) in [6.07, 6.45) is -1.56. The van der Waals surface area contributed by atoms with Gasteiger partial charge in [0, 0.05) is 12.5 Å². The first kappa shape index (κ1) is 11.3. The predicted molar refractivity (Wildman–Crippen MR) is 55.0 cm³/mol. The maximum atomic E-state index is 11.5. The van der Waals surface area contributed by atoms with Gasteiger partial charge in [-0.25, -0.2) is 0 Å². The van der Waals surface area contributed by atoms with E-state index in [0.29, 0.717) is 0 Å². The van der Waals surface area contributed by atoms with Crippen molar-refractivity contribution in [2.24, 2.45) is 0 Å². The average molecular weight is 235 g/mol. The summed E-state index contributed by atoms with van der Waals surface area (Å²) in [7, 11) is 0. The minimum Gasteiger partial charge on any atom is -0.432 e. The van der Waals surface area contributed by atoms with Gasteiger partial charge in [0.15, 0.2) is 0 Å². The maximum absolute atomic E-state index is 11.5. The lowest BCUT2D eigenvalue weighted by Gasteiger charge is -2.12. The van der Waals surface area contributed by atoms with E-state index in [1.807, 2.05) is 0 Å². The molecule has 0 saturated carbocycles. The van der Waals surface area contributed by atoms with Crippen molar-refractivity contribution in [2.45, 2.75) is 13.2 Å². The van der Waals surface area contributed by atoms with Crippen LogP contribution in [0.1, 0.15) is 39.5 Å². The molecule has 1 heterocycles. The average Bonchev–Trinajstić information content (AvgIpc) is 2.54. The highest BCUT2D eigenvalue weighted by atomic mass is 16.6. The van der Waals surface area contributed by atoms with Gasteiger partial charge in [-0.2, -0.15) is 0 Å². The Balaban J connectivity index is 2.47. The predicted octanol–water partition coefficient (Wildman–Crippen LogP) is 0.124. The van der Waals surface area contributed by atoms with Crippen LogP contribution in [0.3, 0.4) is 0 Å². The number of nitrogens with one attached hydrogen (secondary N) is 1. The van der Waals surface area contributed by atoms with Gasteiger partial charge in [-0.3, -0.25) is 19.7 Å². The fourth-order valence-corrected chi connectivity index (χ4v) is 1.67. The third-order valence-corrected chi connectivity index (χ3v) is 2.34. The summed E-state index contributed by atoms with van der Waals surface area (Å²) in [6.45, 7) is 1.14. The van der Waals surface area contributed by atoms with Crippen molar-refractivity contribution in [1.82, 2.24) is 5.32 Å². The number of carbonyl (C=O) groups is 3. The molecular weight excluding hydrogens is 226 g/mol. The molecule has 0 bridgehead atoms. The van der Waals surface area contributed by atoms with Crippen LogP contribution in [0.5, 0.6) is 0 Å². The smallest absolute Gasteiger partial charge is 0.305 e. The summed E-state index contributed by atoms with van der Waals surface area (Å²) < 4.78 is 4.57. The number of aliphatic hydroxyl groups excluding tert-OH is 1. The summed E-state index contributed by atoms with van der Waals surface area (Å²) in [5, 5.41) is 11.7. The molecule has 0 aliphatic carbocycles. The summed E-state index contributed by atoms with van der Waals surface area (Å²) in [6, 6.07) is 4.38. The van der Waals surface area contributed by atoms with Crippen LogP contribution >= 0.6 is 0 Å². The number of rotatable bonds is 2. The van der Waals surface area contributed by atoms with E-state index in [1.54, 1.807) is 0 Å². The van der Waals surface area contributed by atoms with Gasteiger partial charge in [-0.1, -0.05) is 12.1 Å². The zero-order valence-electron chi connectivity index (χ0n) is 8.89. The Kier molecular flexibility index (Phi) is 2.64. The molecule has 0 fully saturated rings. The molecule has 6 nitrogen and oxygen atoms in total. The molecule has 2 amide bonds. The lowest BCUT2D eigenvalue weighted by Crippen LogP contribution is -2.20. The van der Waals surface area contributed by atoms with Gasteiger partial charge in [0.1, 0.15) is 0 Å². The monoisotopic (exact) mass is 235 g/mol. The largest absolute Gasteiger partial charge is 0.432 e. The van der Waals surface area contributed by atoms with E-state index in [1.165, 1.54) is 18.2 Å². The first-order chi connectivity index (χ1) is 8.00. The van der Waals surface area contributed by atoms with Crippen LogP contribution in [0, 0.1) is 0 Å². The number of hydrogen-bond acceptors (Lipinski definition) is 5. The molecule has 0 saturated heterocycles. The molecule has 0 spiro atoms. The molecule has 2 N–H and O–H groups in total. The molecule has 6 heteroatoms. The molecule has 17 heavy (non-hydrogen) atoms. The highest BCUT2D eigenvalue weighted by Gasteiger charge is 2.31. The quantitative estimate of drug-likeness (QED) is 0.431. The Bertz CT molecular complexity index is 523. The van der Waals surface area contributed by atoms with E-state index in [2.05, 4.69) is 10.1 Å². The van der Waals surface area contributed by atoms with E-state index in [4.69, 9.17) is 0 Å². The number of esters is 1. The topological polar surface area (TPSA) is 92.7 Å². The van der Waals surface area contributed by atoms with Crippen LogP contribution in [-0.2, 0) is 9.53 Å². The van der Waals surface area contributed by atoms with Crippen LogP contribution in [0.15, 0.2) is 18.2 Å². The number of amides is 2. The van der Waals surface area contributed by atoms with Crippen LogP contribution in [0.4, 0.5) is 0 Å². The molecule has 1 aliphatic rings. The van der Waals surface area contributed by atoms with Gasteiger partial charge >= 0.3 is 5.97 Å². The number of ether oxygens (including phenoxy) is 1. The van der Waals surface area contributed by atoms with Gasteiger partial charge in [-0.15, -0.1) is 0 Å². The fourth-order valence-electron chi connectivity index (χ4n) is 1.67. The van der Waals surface area contributed by atoms with Crippen LogP contribution in [-0.4, -0.2) is 22.9 Å². The standard InChI is InChI=1S/C11H9NO5/c1-5(13)17-11(16)7-4-2-3-6-8(7)10(15)12-9(6)14/h2-4,11,16H,1H3,(H,12,14,15). The van der Waals surface area contributed by atoms with E-state index in [9.17, 15) is 19.5 Å². The zero-order valence-corrected chi connectivity index (χ0v) is 8.89. The Labute approximate surface area is 96.2 Å². The van der Waals surface area contributed by atoms with Gasteiger partial charge in [0.05, 0.1) is 11.1 Å². The third-order valence-electron chi connectivity index (χ3n) is 2.34. The summed E-state index contributed by atoms with van der Waals surface area (Å²) >= 11 is 0. The van der Waals surface area contributed by atoms with E-state index < -0.39 is 24.1 Å². The maximum Gasteiger partial charge on any atom is 0.305 e. The first-order valence-electron chi connectivity index (χ1n) is 4.84. The summed E-state index contributed by atoms with van der Waals surface area (Å²) in [5.41, 5.74) is 0.311. The van der Waals surface area contributed by atoms with Gasteiger partial charge < -0.3 is 9.84 Å². The minimum atomic E-state index is -1.56. The van der Waals surface area contributed by atoms with Crippen molar-refractivity contribution in [1.29, 1.82) is 0 Å². The van der Waals surface area contributed by atoms with Crippen molar-refractivity contribution < 1.29 is 24.2 Å². The van der Waals surface area contributed by atoms with Crippen molar-refractivity contribution >= 4 is 17.8 Å².